The maximum atomic E-state index is 9.93. The minimum Gasteiger partial charge on any atom is -0.386 e. The third-order valence-corrected chi connectivity index (χ3v) is 3.13. The van der Waals surface area contributed by atoms with E-state index in [1.807, 2.05) is 5.38 Å². The second-order valence-electron chi connectivity index (χ2n) is 3.29. The molecule has 2 heterocycles. The molecular weight excluding hydrogens is 246 g/mol. The molecule has 2 rings (SSSR count). The molecule has 0 spiro atoms. The molecule has 0 bridgehead atoms. The Morgan fingerprint density at radius 3 is 2.94 bits per heavy atom. The molecule has 0 saturated carbocycles. The number of aromatic nitrogens is 2. The Bertz CT molecular complexity index is 519. The molecular formula is C10H10ClN3OS. The first-order valence-corrected chi connectivity index (χ1v) is 5.90. The zero-order valence-corrected chi connectivity index (χ0v) is 9.87. The van der Waals surface area contributed by atoms with Crippen LogP contribution >= 0.6 is 22.9 Å². The fourth-order valence-corrected chi connectivity index (χ4v) is 2.04. The van der Waals surface area contributed by atoms with E-state index in [0.29, 0.717) is 22.1 Å². The Labute approximate surface area is 101 Å². The number of nitrogens with zero attached hydrogens (tertiary/aromatic N) is 2. The number of aliphatic hydroxyl groups excluding tert-OH is 1. The molecule has 84 valence electrons. The molecule has 1 atom stereocenters. The van der Waals surface area contributed by atoms with Crippen molar-refractivity contribution in [3.63, 3.8) is 0 Å². The van der Waals surface area contributed by atoms with Crippen molar-refractivity contribution in [2.24, 2.45) is 0 Å². The van der Waals surface area contributed by atoms with Crippen LogP contribution in [0.25, 0.3) is 0 Å². The van der Waals surface area contributed by atoms with E-state index in [1.165, 1.54) is 11.3 Å². The van der Waals surface area contributed by atoms with Crippen LogP contribution in [0.2, 0.25) is 5.15 Å². The van der Waals surface area contributed by atoms with Crippen LogP contribution < -0.4 is 4.80 Å². The van der Waals surface area contributed by atoms with Crippen LogP contribution in [0, 0.1) is 5.41 Å². The number of hydrogen-bond acceptors (Lipinski definition) is 4. The summed E-state index contributed by atoms with van der Waals surface area (Å²) < 4.78 is 1.68. The van der Waals surface area contributed by atoms with Gasteiger partial charge in [-0.05, 0) is 6.07 Å². The molecule has 2 aromatic heterocycles. The third-order valence-electron chi connectivity index (χ3n) is 2.19. The van der Waals surface area contributed by atoms with Gasteiger partial charge in [-0.2, -0.15) is 0 Å². The number of nitrogens with one attached hydrogen (secondary N) is 1. The molecule has 16 heavy (non-hydrogen) atoms. The highest BCUT2D eigenvalue weighted by Gasteiger charge is 2.09. The van der Waals surface area contributed by atoms with E-state index in [2.05, 4.69) is 4.98 Å². The predicted octanol–water partition coefficient (Wildman–Crippen LogP) is 1.81. The fourth-order valence-electron chi connectivity index (χ4n) is 1.32. The van der Waals surface area contributed by atoms with Crippen molar-refractivity contribution in [2.75, 3.05) is 0 Å². The van der Waals surface area contributed by atoms with Crippen molar-refractivity contribution < 1.29 is 5.11 Å². The van der Waals surface area contributed by atoms with Gasteiger partial charge in [0.05, 0.1) is 12.6 Å². The molecule has 0 radical (unpaired) electrons. The van der Waals surface area contributed by atoms with Crippen molar-refractivity contribution in [2.45, 2.75) is 12.6 Å². The smallest absolute Gasteiger partial charge is 0.181 e. The Morgan fingerprint density at radius 1 is 1.56 bits per heavy atom. The second kappa shape index (κ2) is 4.78. The van der Waals surface area contributed by atoms with Crippen molar-refractivity contribution in [1.82, 2.24) is 9.55 Å². The van der Waals surface area contributed by atoms with Crippen LogP contribution in [0.1, 0.15) is 11.7 Å². The summed E-state index contributed by atoms with van der Waals surface area (Å²) >= 11 is 6.98. The van der Waals surface area contributed by atoms with E-state index in [1.54, 1.807) is 29.1 Å². The number of pyridine rings is 1. The van der Waals surface area contributed by atoms with Gasteiger partial charge >= 0.3 is 0 Å². The average Bonchev–Trinajstić information content (AvgIpc) is 2.65. The van der Waals surface area contributed by atoms with Gasteiger partial charge in [-0.25, -0.2) is 4.98 Å². The minimum absolute atomic E-state index is 0.353. The summed E-state index contributed by atoms with van der Waals surface area (Å²) in [6.45, 7) is 0.353. The largest absolute Gasteiger partial charge is 0.386 e. The Hall–Kier alpha value is -1.17. The van der Waals surface area contributed by atoms with Crippen molar-refractivity contribution in [1.29, 1.82) is 5.41 Å². The molecule has 4 nitrogen and oxygen atoms in total. The van der Waals surface area contributed by atoms with Crippen LogP contribution in [-0.4, -0.2) is 14.7 Å². The Kier molecular flexibility index (Phi) is 3.38. The normalized spacial score (nSPS) is 12.6. The molecule has 0 aromatic carbocycles. The summed E-state index contributed by atoms with van der Waals surface area (Å²) in [6.07, 6.45) is 2.65. The molecule has 0 aliphatic carbocycles. The van der Waals surface area contributed by atoms with Crippen molar-refractivity contribution >= 4 is 22.9 Å². The third kappa shape index (κ3) is 2.49. The average molecular weight is 256 g/mol. The van der Waals surface area contributed by atoms with Gasteiger partial charge in [-0.1, -0.05) is 17.7 Å². The molecule has 0 saturated heterocycles. The summed E-state index contributed by atoms with van der Waals surface area (Å²) in [5, 5.41) is 19.7. The number of rotatable bonds is 3. The number of thiazole rings is 1. The van der Waals surface area contributed by atoms with Gasteiger partial charge in [0.2, 0.25) is 0 Å². The van der Waals surface area contributed by atoms with E-state index in [4.69, 9.17) is 17.0 Å². The number of aliphatic hydroxyl groups is 1. The van der Waals surface area contributed by atoms with E-state index < -0.39 is 6.10 Å². The Morgan fingerprint density at radius 2 is 2.38 bits per heavy atom. The van der Waals surface area contributed by atoms with Crippen LogP contribution in [0.5, 0.6) is 0 Å². The quantitative estimate of drug-likeness (QED) is 0.822. The maximum absolute atomic E-state index is 9.93. The molecule has 1 unspecified atom stereocenters. The summed E-state index contributed by atoms with van der Waals surface area (Å²) in [5.41, 5.74) is 0.697. The number of halogens is 1. The van der Waals surface area contributed by atoms with Gasteiger partial charge in [-0.3, -0.25) is 5.41 Å². The molecule has 0 fully saturated rings. The number of hydrogen-bond donors (Lipinski definition) is 2. The molecule has 2 aromatic rings. The van der Waals surface area contributed by atoms with Crippen LogP contribution in [-0.2, 0) is 6.54 Å². The van der Waals surface area contributed by atoms with Gasteiger partial charge in [0.1, 0.15) is 5.15 Å². The van der Waals surface area contributed by atoms with Crippen LogP contribution in [0.15, 0.2) is 29.9 Å². The first-order chi connectivity index (χ1) is 7.66. The lowest BCUT2D eigenvalue weighted by molar-refractivity contribution is 0.155. The SMILES string of the molecule is N=c1sccn1CC(O)c1ccc(Cl)nc1. The van der Waals surface area contributed by atoms with E-state index >= 15 is 0 Å². The highest BCUT2D eigenvalue weighted by molar-refractivity contribution is 7.06. The van der Waals surface area contributed by atoms with Crippen LogP contribution in [0.4, 0.5) is 0 Å². The topological polar surface area (TPSA) is 61.9 Å². The fraction of sp³-hybridized carbons (Fsp3) is 0.200. The zero-order valence-electron chi connectivity index (χ0n) is 8.30. The predicted molar refractivity (Wildman–Crippen MR) is 62.4 cm³/mol. The summed E-state index contributed by atoms with van der Waals surface area (Å²) in [7, 11) is 0. The first-order valence-electron chi connectivity index (χ1n) is 4.65. The summed E-state index contributed by atoms with van der Waals surface area (Å²) in [4.78, 5) is 4.32. The monoisotopic (exact) mass is 255 g/mol. The molecule has 0 amide bonds. The lowest BCUT2D eigenvalue weighted by atomic mass is 10.1. The highest BCUT2D eigenvalue weighted by atomic mass is 35.5. The molecule has 6 heteroatoms. The summed E-state index contributed by atoms with van der Waals surface area (Å²) in [6, 6.07) is 3.37. The molecule has 0 aliphatic rings. The van der Waals surface area contributed by atoms with Gasteiger partial charge in [-0.15, -0.1) is 11.3 Å². The minimum atomic E-state index is -0.673. The van der Waals surface area contributed by atoms with Gasteiger partial charge in [0.25, 0.3) is 0 Å². The van der Waals surface area contributed by atoms with Crippen molar-refractivity contribution in [3.8, 4) is 0 Å². The second-order valence-corrected chi connectivity index (χ2v) is 4.57. The van der Waals surface area contributed by atoms with E-state index in [0.717, 1.165) is 0 Å². The van der Waals surface area contributed by atoms with Crippen molar-refractivity contribution in [3.05, 3.63) is 45.4 Å². The summed E-state index contributed by atoms with van der Waals surface area (Å²) in [5.74, 6) is 0. The van der Waals surface area contributed by atoms with Gasteiger partial charge in [0.15, 0.2) is 4.80 Å². The Balaban J connectivity index is 2.14. The maximum Gasteiger partial charge on any atom is 0.181 e. The lowest BCUT2D eigenvalue weighted by Gasteiger charge is -2.11. The van der Waals surface area contributed by atoms with Gasteiger partial charge in [0, 0.05) is 23.3 Å². The van der Waals surface area contributed by atoms with E-state index in [9.17, 15) is 5.11 Å². The zero-order chi connectivity index (χ0) is 11.5. The lowest BCUT2D eigenvalue weighted by Crippen LogP contribution is -2.17. The van der Waals surface area contributed by atoms with Crippen LogP contribution in [0.3, 0.4) is 0 Å². The van der Waals surface area contributed by atoms with Gasteiger partial charge < -0.3 is 9.67 Å². The molecule has 0 aliphatic heterocycles. The van der Waals surface area contributed by atoms with E-state index in [-0.39, 0.29) is 0 Å². The first kappa shape index (κ1) is 11.3. The molecule has 2 N–H and O–H groups in total. The standard InChI is InChI=1S/C10H10ClN3OS/c11-9-2-1-7(5-13-9)8(15)6-14-3-4-16-10(14)12/h1-5,8,12,15H,6H2. The highest BCUT2D eigenvalue weighted by Crippen LogP contribution is 2.15.